The second-order valence-corrected chi connectivity index (χ2v) is 8.77. The zero-order valence-electron chi connectivity index (χ0n) is 17.7. The van der Waals surface area contributed by atoms with Crippen molar-refractivity contribution >= 4 is 58.0 Å². The summed E-state index contributed by atoms with van der Waals surface area (Å²) in [6.07, 6.45) is 1.33. The number of imide groups is 1. The number of nitrogens with zero attached hydrogens (tertiary/aromatic N) is 2. The van der Waals surface area contributed by atoms with E-state index in [2.05, 4.69) is 10.3 Å². The van der Waals surface area contributed by atoms with Gasteiger partial charge in [0.2, 0.25) is 5.91 Å². The Labute approximate surface area is 202 Å². The maximum atomic E-state index is 13.8. The van der Waals surface area contributed by atoms with Crippen LogP contribution in [0, 0.1) is 10.6 Å². The molecule has 0 spiro atoms. The van der Waals surface area contributed by atoms with Crippen LogP contribution in [-0.4, -0.2) is 44.6 Å². The van der Waals surface area contributed by atoms with E-state index in [0.29, 0.717) is 10.9 Å². The quantitative estimate of drug-likeness (QED) is 0.382. The van der Waals surface area contributed by atoms with Gasteiger partial charge in [-0.15, -0.1) is 0 Å². The number of hydrogen-bond donors (Lipinski definition) is 2. The topological polar surface area (TPSA) is 104 Å². The van der Waals surface area contributed by atoms with Crippen molar-refractivity contribution in [2.75, 3.05) is 13.1 Å². The van der Waals surface area contributed by atoms with Crippen LogP contribution in [0.15, 0.2) is 58.2 Å². The molecule has 2 aromatic carbocycles. The van der Waals surface area contributed by atoms with E-state index in [9.17, 15) is 23.6 Å². The summed E-state index contributed by atoms with van der Waals surface area (Å²) in [6, 6.07) is 12.9. The number of nitrogens with one attached hydrogen (secondary N) is 2. The lowest BCUT2D eigenvalue weighted by molar-refractivity contribution is -0.124. The molecular formula is C23H19FN4O4S2. The normalized spacial score (nSPS) is 14.9. The molecule has 1 aromatic heterocycles. The van der Waals surface area contributed by atoms with Crippen LogP contribution in [0.5, 0.6) is 0 Å². The zero-order valence-corrected chi connectivity index (χ0v) is 19.4. The van der Waals surface area contributed by atoms with Gasteiger partial charge in [-0.25, -0.2) is 4.39 Å². The van der Waals surface area contributed by atoms with Gasteiger partial charge >= 0.3 is 0 Å². The predicted molar refractivity (Wildman–Crippen MR) is 130 cm³/mol. The van der Waals surface area contributed by atoms with Gasteiger partial charge in [0.15, 0.2) is 4.77 Å². The molecule has 1 aliphatic heterocycles. The van der Waals surface area contributed by atoms with E-state index >= 15 is 0 Å². The monoisotopic (exact) mass is 498 g/mol. The van der Waals surface area contributed by atoms with Crippen molar-refractivity contribution in [3.63, 3.8) is 0 Å². The molecule has 2 heterocycles. The van der Waals surface area contributed by atoms with Gasteiger partial charge in [0.05, 0.1) is 15.8 Å². The van der Waals surface area contributed by atoms with E-state index in [1.54, 1.807) is 30.3 Å². The highest BCUT2D eigenvalue weighted by molar-refractivity contribution is 8.18. The second kappa shape index (κ2) is 10.1. The summed E-state index contributed by atoms with van der Waals surface area (Å²) >= 11 is 5.96. The number of halogens is 1. The molecule has 1 aliphatic rings. The second-order valence-electron chi connectivity index (χ2n) is 7.39. The van der Waals surface area contributed by atoms with E-state index < -0.39 is 17.0 Å². The Morgan fingerprint density at radius 1 is 1.09 bits per heavy atom. The number of thioether (sulfide) groups is 1. The van der Waals surface area contributed by atoms with Gasteiger partial charge in [-0.1, -0.05) is 30.3 Å². The van der Waals surface area contributed by atoms with Crippen molar-refractivity contribution < 1.29 is 18.8 Å². The predicted octanol–water partition coefficient (Wildman–Crippen LogP) is 3.44. The van der Waals surface area contributed by atoms with E-state index in [1.807, 2.05) is 0 Å². The lowest BCUT2D eigenvalue weighted by Crippen LogP contribution is -2.37. The minimum atomic E-state index is -0.540. The Balaban J connectivity index is 1.32. The summed E-state index contributed by atoms with van der Waals surface area (Å²) in [4.78, 5) is 53.7. The Bertz CT molecular complexity index is 1450. The van der Waals surface area contributed by atoms with Crippen LogP contribution in [0.25, 0.3) is 17.0 Å². The molecule has 4 rings (SSSR count). The van der Waals surface area contributed by atoms with E-state index in [-0.39, 0.29) is 52.8 Å². The summed E-state index contributed by atoms with van der Waals surface area (Å²) in [5, 5.41) is 2.62. The summed E-state index contributed by atoms with van der Waals surface area (Å²) in [5.74, 6) is -1.39. The summed E-state index contributed by atoms with van der Waals surface area (Å²) in [5.41, 5.74) is 0.551. The SMILES string of the molecule is O=C(CCn1c(=S)[nH]c2ccccc2c1=O)NCCN1C(=O)S/C(=C/c2ccccc2F)C1=O. The molecule has 11 heteroatoms. The van der Waals surface area contributed by atoms with Crippen LogP contribution >= 0.6 is 24.0 Å². The Morgan fingerprint density at radius 2 is 1.82 bits per heavy atom. The van der Waals surface area contributed by atoms with E-state index in [4.69, 9.17) is 12.2 Å². The van der Waals surface area contributed by atoms with Gasteiger partial charge in [0, 0.05) is 31.6 Å². The van der Waals surface area contributed by atoms with Gasteiger partial charge in [-0.2, -0.15) is 0 Å². The van der Waals surface area contributed by atoms with E-state index in [0.717, 1.165) is 16.7 Å². The lowest BCUT2D eigenvalue weighted by Gasteiger charge is -2.13. The van der Waals surface area contributed by atoms with Crippen LogP contribution < -0.4 is 10.9 Å². The molecule has 0 radical (unpaired) electrons. The van der Waals surface area contributed by atoms with Crippen molar-refractivity contribution in [1.29, 1.82) is 0 Å². The molecule has 8 nitrogen and oxygen atoms in total. The smallest absolute Gasteiger partial charge is 0.293 e. The number of aromatic amines is 1. The fourth-order valence-electron chi connectivity index (χ4n) is 3.44. The Kier molecular flexibility index (Phi) is 7.03. The largest absolute Gasteiger partial charge is 0.354 e. The van der Waals surface area contributed by atoms with Crippen LogP contribution in [0.1, 0.15) is 12.0 Å². The average Bonchev–Trinajstić information content (AvgIpc) is 3.08. The third-order valence-corrected chi connectivity index (χ3v) is 6.40. The number of carbonyl (C=O) groups excluding carboxylic acids is 3. The molecule has 34 heavy (non-hydrogen) atoms. The van der Waals surface area contributed by atoms with Gasteiger partial charge in [-0.3, -0.25) is 28.6 Å². The molecule has 0 bridgehead atoms. The number of benzene rings is 2. The van der Waals surface area contributed by atoms with Gasteiger partial charge in [-0.05, 0) is 48.3 Å². The number of aromatic nitrogens is 2. The maximum absolute atomic E-state index is 13.8. The highest BCUT2D eigenvalue weighted by atomic mass is 32.2. The third-order valence-electron chi connectivity index (χ3n) is 5.17. The molecule has 0 aliphatic carbocycles. The fourth-order valence-corrected chi connectivity index (χ4v) is 4.58. The number of carbonyl (C=O) groups is 3. The van der Waals surface area contributed by atoms with Crippen molar-refractivity contribution in [3.05, 3.63) is 79.9 Å². The molecule has 0 unspecified atom stereocenters. The van der Waals surface area contributed by atoms with Gasteiger partial charge in [0.1, 0.15) is 5.82 Å². The zero-order chi connectivity index (χ0) is 24.2. The maximum Gasteiger partial charge on any atom is 0.293 e. The molecule has 174 valence electrons. The highest BCUT2D eigenvalue weighted by Gasteiger charge is 2.34. The van der Waals surface area contributed by atoms with Gasteiger partial charge < -0.3 is 10.3 Å². The van der Waals surface area contributed by atoms with Crippen molar-refractivity contribution in [3.8, 4) is 0 Å². The molecule has 0 saturated carbocycles. The van der Waals surface area contributed by atoms with Crippen LogP contribution in [0.2, 0.25) is 0 Å². The first-order valence-electron chi connectivity index (χ1n) is 10.3. The summed E-state index contributed by atoms with van der Waals surface area (Å²) < 4.78 is 15.4. The first kappa shape index (κ1) is 23.6. The number of para-hydroxylation sites is 1. The number of hydrogen-bond acceptors (Lipinski definition) is 6. The third kappa shape index (κ3) is 5.00. The molecule has 0 atom stereocenters. The van der Waals surface area contributed by atoms with Crippen LogP contribution in [-0.2, 0) is 16.1 Å². The average molecular weight is 499 g/mol. The molecule has 2 N–H and O–H groups in total. The summed E-state index contributed by atoms with van der Waals surface area (Å²) in [6.45, 7) is 0.0993. The van der Waals surface area contributed by atoms with Crippen molar-refractivity contribution in [1.82, 2.24) is 19.8 Å². The molecular weight excluding hydrogens is 479 g/mol. The molecule has 3 aromatic rings. The first-order valence-corrected chi connectivity index (χ1v) is 11.6. The van der Waals surface area contributed by atoms with Gasteiger partial charge in [0.25, 0.3) is 16.7 Å². The standard InChI is InChI=1S/C23H19FN4O4S2/c24-16-7-3-1-5-14(16)13-18-21(31)28(23(32)34-18)12-10-25-19(29)9-11-27-20(30)15-6-2-4-8-17(15)26-22(27)33/h1-8,13H,9-12H2,(H,25,29)(H,26,33)/b18-13+. The highest BCUT2D eigenvalue weighted by Crippen LogP contribution is 2.32. The minimum Gasteiger partial charge on any atom is -0.354 e. The molecule has 3 amide bonds. The minimum absolute atomic E-state index is 0.00912. The van der Waals surface area contributed by atoms with Crippen molar-refractivity contribution in [2.45, 2.75) is 13.0 Å². The molecule has 1 fully saturated rings. The van der Waals surface area contributed by atoms with Crippen LogP contribution in [0.4, 0.5) is 9.18 Å². The number of H-pyrrole nitrogens is 1. The molecule has 1 saturated heterocycles. The number of amides is 3. The summed E-state index contributed by atoms with van der Waals surface area (Å²) in [7, 11) is 0. The number of rotatable bonds is 7. The van der Waals surface area contributed by atoms with Crippen molar-refractivity contribution in [2.24, 2.45) is 0 Å². The first-order chi connectivity index (χ1) is 16.3. The number of fused-ring (bicyclic) bond motifs is 1. The fraction of sp³-hybridized carbons (Fsp3) is 0.174. The van der Waals surface area contributed by atoms with E-state index in [1.165, 1.54) is 28.8 Å². The Hall–Kier alpha value is -3.57. The van der Waals surface area contributed by atoms with Crippen LogP contribution in [0.3, 0.4) is 0 Å². The lowest BCUT2D eigenvalue weighted by atomic mass is 10.2. The Morgan fingerprint density at radius 3 is 2.62 bits per heavy atom.